The molecule has 0 radical (unpaired) electrons. The molecule has 1 saturated heterocycles. The lowest BCUT2D eigenvalue weighted by atomic mass is 9.86. The van der Waals surface area contributed by atoms with Crippen molar-refractivity contribution in [3.63, 3.8) is 0 Å². The molecule has 2 N–H and O–H groups in total. The van der Waals surface area contributed by atoms with Crippen molar-refractivity contribution >= 4 is 11.9 Å². The lowest BCUT2D eigenvalue weighted by Crippen LogP contribution is -2.40. The number of aliphatic carboxylic acids is 1. The minimum absolute atomic E-state index is 0.214. The minimum atomic E-state index is -2.06. The Morgan fingerprint density at radius 2 is 1.53 bits per heavy atom. The highest BCUT2D eigenvalue weighted by molar-refractivity contribution is 5.85. The average Bonchev–Trinajstić information content (AvgIpc) is 2.92. The molecule has 7 nitrogen and oxygen atoms in total. The quantitative estimate of drug-likeness (QED) is 0.418. The van der Waals surface area contributed by atoms with Crippen LogP contribution >= 0.6 is 0 Å². The molecule has 4 rings (SSSR count). The van der Waals surface area contributed by atoms with Gasteiger partial charge in [-0.3, -0.25) is 4.90 Å². The summed E-state index contributed by atoms with van der Waals surface area (Å²) in [6, 6.07) is 25.2. The van der Waals surface area contributed by atoms with Crippen LogP contribution in [-0.4, -0.2) is 53.4 Å². The molecule has 1 atom stereocenters. The maximum absolute atomic E-state index is 13.4. The standard InChI is InChI=1S/C29H31NO6/c31-27(32)21-35-26-13-7-12-25(18-26)29(34,24-10-5-2-6-11-24)28(33)36-20-23-14-16-30(17-15-23)19-22-8-3-1-4-9-22/h1-13,18,23,34H,14-17,19-21H2,(H,31,32). The number of carbonyl (C=O) groups excluding carboxylic acids is 1. The molecular weight excluding hydrogens is 458 g/mol. The third kappa shape index (κ3) is 6.30. The van der Waals surface area contributed by atoms with E-state index < -0.39 is 24.1 Å². The van der Waals surface area contributed by atoms with Gasteiger partial charge in [-0.25, -0.2) is 9.59 Å². The predicted octanol–water partition coefficient (Wildman–Crippen LogP) is 3.84. The summed E-state index contributed by atoms with van der Waals surface area (Å²) in [5.41, 5.74) is -0.162. The second-order valence-corrected chi connectivity index (χ2v) is 9.09. The van der Waals surface area contributed by atoms with E-state index in [2.05, 4.69) is 17.0 Å². The molecule has 1 unspecified atom stereocenters. The molecule has 0 amide bonds. The number of likely N-dealkylation sites (tertiary alicyclic amines) is 1. The van der Waals surface area contributed by atoms with Crippen molar-refractivity contribution in [3.8, 4) is 5.75 Å². The second kappa shape index (κ2) is 11.8. The first-order valence-corrected chi connectivity index (χ1v) is 12.1. The number of nitrogens with zero attached hydrogens (tertiary/aromatic N) is 1. The molecule has 1 heterocycles. The van der Waals surface area contributed by atoms with Crippen molar-refractivity contribution in [2.45, 2.75) is 25.0 Å². The Morgan fingerprint density at radius 3 is 2.19 bits per heavy atom. The van der Waals surface area contributed by atoms with Crippen LogP contribution in [-0.2, 0) is 26.5 Å². The molecule has 3 aromatic rings. The number of carbonyl (C=O) groups is 2. The zero-order valence-corrected chi connectivity index (χ0v) is 20.1. The zero-order chi connectivity index (χ0) is 25.4. The molecule has 188 valence electrons. The Labute approximate surface area is 210 Å². The van der Waals surface area contributed by atoms with Gasteiger partial charge in [-0.2, -0.15) is 0 Å². The number of benzene rings is 3. The number of esters is 1. The van der Waals surface area contributed by atoms with Gasteiger partial charge in [0.2, 0.25) is 5.60 Å². The van der Waals surface area contributed by atoms with Gasteiger partial charge in [0, 0.05) is 12.1 Å². The van der Waals surface area contributed by atoms with Gasteiger partial charge in [0.25, 0.3) is 0 Å². The predicted molar refractivity (Wildman–Crippen MR) is 134 cm³/mol. The summed E-state index contributed by atoms with van der Waals surface area (Å²) >= 11 is 0. The van der Waals surface area contributed by atoms with Crippen LogP contribution < -0.4 is 4.74 Å². The second-order valence-electron chi connectivity index (χ2n) is 9.09. The number of carboxylic acid groups (broad SMARTS) is 1. The SMILES string of the molecule is O=C(O)COc1cccc(C(O)(C(=O)OCC2CCN(Cc3ccccc3)CC2)c2ccccc2)c1. The largest absolute Gasteiger partial charge is 0.482 e. The fraction of sp³-hybridized carbons (Fsp3) is 0.310. The van der Waals surface area contributed by atoms with Crippen molar-refractivity contribution in [1.82, 2.24) is 4.90 Å². The maximum atomic E-state index is 13.4. The van der Waals surface area contributed by atoms with E-state index in [0.29, 0.717) is 5.56 Å². The lowest BCUT2D eigenvalue weighted by Gasteiger charge is -2.33. The smallest absolute Gasteiger partial charge is 0.347 e. The van der Waals surface area contributed by atoms with E-state index in [1.807, 2.05) is 18.2 Å². The zero-order valence-electron chi connectivity index (χ0n) is 20.1. The number of hydrogen-bond donors (Lipinski definition) is 2. The summed E-state index contributed by atoms with van der Waals surface area (Å²) in [5, 5.41) is 20.6. The van der Waals surface area contributed by atoms with E-state index >= 15 is 0 Å². The molecule has 0 spiro atoms. The molecule has 7 heteroatoms. The van der Waals surface area contributed by atoms with Crippen molar-refractivity contribution in [1.29, 1.82) is 0 Å². The summed E-state index contributed by atoms with van der Waals surface area (Å²) < 4.78 is 11.0. The van der Waals surface area contributed by atoms with Gasteiger partial charge in [0.05, 0.1) is 6.61 Å². The fourth-order valence-corrected chi connectivity index (χ4v) is 4.49. The van der Waals surface area contributed by atoms with E-state index in [-0.39, 0.29) is 23.8 Å². The Bertz CT molecular complexity index is 1140. The van der Waals surface area contributed by atoms with Crippen LogP contribution in [0.5, 0.6) is 5.75 Å². The summed E-state index contributed by atoms with van der Waals surface area (Å²) in [7, 11) is 0. The molecule has 3 aromatic carbocycles. The normalized spacial score (nSPS) is 16.1. The Kier molecular flexibility index (Phi) is 8.36. The number of aliphatic hydroxyl groups is 1. The van der Waals surface area contributed by atoms with Gasteiger partial charge in [0.1, 0.15) is 5.75 Å². The Hall–Kier alpha value is -3.68. The van der Waals surface area contributed by atoms with Crippen LogP contribution in [0.2, 0.25) is 0 Å². The highest BCUT2D eigenvalue weighted by Gasteiger charge is 2.42. The summed E-state index contributed by atoms with van der Waals surface area (Å²) in [4.78, 5) is 26.7. The summed E-state index contributed by atoms with van der Waals surface area (Å²) in [5.74, 6) is -1.43. The highest BCUT2D eigenvalue weighted by atomic mass is 16.6. The third-order valence-electron chi connectivity index (χ3n) is 6.51. The fourth-order valence-electron chi connectivity index (χ4n) is 4.49. The molecule has 0 aliphatic carbocycles. The highest BCUT2D eigenvalue weighted by Crippen LogP contribution is 2.33. The monoisotopic (exact) mass is 489 g/mol. The van der Waals surface area contributed by atoms with E-state index in [1.165, 1.54) is 11.6 Å². The van der Waals surface area contributed by atoms with E-state index in [4.69, 9.17) is 14.6 Å². The first-order chi connectivity index (χ1) is 17.4. The topological polar surface area (TPSA) is 96.3 Å². The first kappa shape index (κ1) is 25.4. The van der Waals surface area contributed by atoms with Gasteiger partial charge in [-0.1, -0.05) is 72.8 Å². The molecule has 0 bridgehead atoms. The molecule has 0 saturated carbocycles. The summed E-state index contributed by atoms with van der Waals surface area (Å²) in [6.45, 7) is 2.44. The van der Waals surface area contributed by atoms with Crippen molar-refractivity contribution < 1.29 is 29.3 Å². The molecule has 1 fully saturated rings. The summed E-state index contributed by atoms with van der Waals surface area (Å²) in [6.07, 6.45) is 1.81. The van der Waals surface area contributed by atoms with E-state index in [9.17, 15) is 14.7 Å². The van der Waals surface area contributed by atoms with E-state index in [0.717, 1.165) is 32.5 Å². The van der Waals surface area contributed by atoms with Crippen LogP contribution in [0.4, 0.5) is 0 Å². The Balaban J connectivity index is 1.42. The van der Waals surface area contributed by atoms with Crippen LogP contribution in [0.25, 0.3) is 0 Å². The lowest BCUT2D eigenvalue weighted by molar-refractivity contribution is -0.164. The minimum Gasteiger partial charge on any atom is -0.482 e. The molecule has 0 aromatic heterocycles. The van der Waals surface area contributed by atoms with Crippen molar-refractivity contribution in [3.05, 3.63) is 102 Å². The average molecular weight is 490 g/mol. The van der Waals surface area contributed by atoms with Crippen molar-refractivity contribution in [2.75, 3.05) is 26.3 Å². The molecule has 1 aliphatic heterocycles. The van der Waals surface area contributed by atoms with Gasteiger partial charge >= 0.3 is 11.9 Å². The number of rotatable bonds is 10. The van der Waals surface area contributed by atoms with Crippen LogP contribution in [0.3, 0.4) is 0 Å². The number of hydrogen-bond acceptors (Lipinski definition) is 6. The maximum Gasteiger partial charge on any atom is 0.347 e. The third-order valence-corrected chi connectivity index (χ3v) is 6.51. The van der Waals surface area contributed by atoms with Crippen LogP contribution in [0.1, 0.15) is 29.5 Å². The van der Waals surface area contributed by atoms with Crippen LogP contribution in [0, 0.1) is 5.92 Å². The van der Waals surface area contributed by atoms with Gasteiger partial charge in [-0.15, -0.1) is 0 Å². The van der Waals surface area contributed by atoms with Gasteiger partial charge in [-0.05, 0) is 55.1 Å². The number of carboxylic acids is 1. The number of ether oxygens (including phenoxy) is 2. The Morgan fingerprint density at radius 1 is 0.889 bits per heavy atom. The van der Waals surface area contributed by atoms with Crippen molar-refractivity contribution in [2.24, 2.45) is 5.92 Å². The molecular formula is C29H31NO6. The van der Waals surface area contributed by atoms with Gasteiger partial charge in [0.15, 0.2) is 6.61 Å². The van der Waals surface area contributed by atoms with E-state index in [1.54, 1.807) is 48.5 Å². The van der Waals surface area contributed by atoms with Crippen LogP contribution in [0.15, 0.2) is 84.9 Å². The molecule has 36 heavy (non-hydrogen) atoms. The van der Waals surface area contributed by atoms with Gasteiger partial charge < -0.3 is 19.7 Å². The molecule has 1 aliphatic rings. The number of piperidine rings is 1. The first-order valence-electron chi connectivity index (χ1n) is 12.1.